The average Bonchev–Trinajstić information content (AvgIpc) is 2.69. The third-order valence-electron chi connectivity index (χ3n) is 5.21. The molecule has 2 aromatic rings. The predicted octanol–water partition coefficient (Wildman–Crippen LogP) is 3.08. The van der Waals surface area contributed by atoms with E-state index >= 15 is 0 Å². The van der Waals surface area contributed by atoms with E-state index in [-0.39, 0.29) is 11.7 Å². The molecule has 152 valence electrons. The lowest BCUT2D eigenvalue weighted by molar-refractivity contribution is -0.119. The molecule has 2 aromatic carbocycles. The molecule has 0 radical (unpaired) electrons. The molecule has 3 rings (SSSR count). The summed E-state index contributed by atoms with van der Waals surface area (Å²) in [5, 5.41) is 18.5. The fraction of sp³-hybridized carbons (Fsp3) is 0.391. The summed E-state index contributed by atoms with van der Waals surface area (Å²) in [4.78, 5) is 19.2. The van der Waals surface area contributed by atoms with E-state index in [4.69, 9.17) is 5.26 Å². The summed E-state index contributed by atoms with van der Waals surface area (Å²) in [6, 6.07) is 15.5. The van der Waals surface area contributed by atoms with Crippen molar-refractivity contribution in [1.82, 2.24) is 4.90 Å². The maximum absolute atomic E-state index is 13.1. The highest BCUT2D eigenvalue weighted by molar-refractivity contribution is 5.95. The molecule has 1 N–H and O–H groups in total. The molecule has 1 aliphatic rings. The van der Waals surface area contributed by atoms with Crippen LogP contribution >= 0.6 is 0 Å². The van der Waals surface area contributed by atoms with E-state index in [9.17, 15) is 9.90 Å². The zero-order valence-corrected chi connectivity index (χ0v) is 17.1. The summed E-state index contributed by atoms with van der Waals surface area (Å²) in [6.07, 6.45) is 0.313. The highest BCUT2D eigenvalue weighted by Gasteiger charge is 2.23. The van der Waals surface area contributed by atoms with Gasteiger partial charge in [-0.3, -0.25) is 9.69 Å². The third-order valence-corrected chi connectivity index (χ3v) is 5.21. The number of phenols is 1. The molecular formula is C23H28N4O2. The first-order valence-corrected chi connectivity index (χ1v) is 9.98. The van der Waals surface area contributed by atoms with Crippen LogP contribution in [0.1, 0.15) is 17.5 Å². The number of nitriles is 1. The zero-order chi connectivity index (χ0) is 20.8. The van der Waals surface area contributed by atoms with Crippen molar-refractivity contribution in [1.29, 1.82) is 5.26 Å². The van der Waals surface area contributed by atoms with Gasteiger partial charge in [0.25, 0.3) is 0 Å². The quantitative estimate of drug-likeness (QED) is 0.818. The molecule has 0 aliphatic carbocycles. The third kappa shape index (κ3) is 5.49. The molecule has 1 aliphatic heterocycles. The number of nitrogens with zero attached hydrogens (tertiary/aromatic N) is 4. The number of phenolic OH excluding ortho intramolecular Hbond substituents is 1. The van der Waals surface area contributed by atoms with Crippen LogP contribution in [-0.4, -0.2) is 55.2 Å². The van der Waals surface area contributed by atoms with E-state index in [1.54, 1.807) is 17.0 Å². The van der Waals surface area contributed by atoms with Crippen molar-refractivity contribution in [3.05, 3.63) is 53.6 Å². The maximum atomic E-state index is 13.1. The second-order valence-corrected chi connectivity index (χ2v) is 7.58. The Hall–Kier alpha value is -3.04. The molecule has 6 nitrogen and oxygen atoms in total. The number of benzene rings is 2. The van der Waals surface area contributed by atoms with E-state index in [0.717, 1.165) is 48.7 Å². The molecule has 29 heavy (non-hydrogen) atoms. The molecule has 0 unspecified atom stereocenters. The largest absolute Gasteiger partial charge is 0.508 e. The number of aryl methyl sites for hydroxylation is 2. The number of carbonyl (C=O) groups is 1. The van der Waals surface area contributed by atoms with Crippen LogP contribution in [0.3, 0.4) is 0 Å². The lowest BCUT2D eigenvalue weighted by Crippen LogP contribution is -2.50. The first kappa shape index (κ1) is 20.7. The van der Waals surface area contributed by atoms with Crippen molar-refractivity contribution in [2.45, 2.75) is 20.3 Å². The van der Waals surface area contributed by atoms with E-state index in [0.29, 0.717) is 19.5 Å². The Morgan fingerprint density at radius 3 is 2.28 bits per heavy atom. The Morgan fingerprint density at radius 1 is 1.07 bits per heavy atom. The summed E-state index contributed by atoms with van der Waals surface area (Å²) >= 11 is 0. The molecule has 1 heterocycles. The number of amides is 1. The minimum absolute atomic E-state index is 0.0309. The number of piperazine rings is 1. The molecule has 6 heteroatoms. The van der Waals surface area contributed by atoms with Crippen molar-refractivity contribution in [2.24, 2.45) is 0 Å². The molecule has 0 bridgehead atoms. The van der Waals surface area contributed by atoms with E-state index in [1.807, 2.05) is 38.1 Å². The molecule has 0 spiro atoms. The van der Waals surface area contributed by atoms with Gasteiger partial charge in [-0.15, -0.1) is 0 Å². The van der Waals surface area contributed by atoms with Crippen LogP contribution in [0.15, 0.2) is 42.5 Å². The van der Waals surface area contributed by atoms with Crippen LogP contribution in [0.4, 0.5) is 11.4 Å². The fourth-order valence-electron chi connectivity index (χ4n) is 3.77. The lowest BCUT2D eigenvalue weighted by atomic mass is 10.1. The standard InChI is InChI=1S/C23H28N4O2/c1-18-14-19(2)16-21(15-18)27(9-3-8-24)23(29)17-25-10-12-26(13-11-25)20-4-6-22(28)7-5-20/h4-7,14-16,28H,3,9-13,17H2,1-2H3. The van der Waals surface area contributed by atoms with Crippen molar-refractivity contribution in [3.8, 4) is 11.8 Å². The van der Waals surface area contributed by atoms with Crippen LogP contribution in [0.5, 0.6) is 5.75 Å². The molecule has 0 saturated carbocycles. The van der Waals surface area contributed by atoms with Crippen LogP contribution in [0.2, 0.25) is 0 Å². The van der Waals surface area contributed by atoms with Gasteiger partial charge in [-0.2, -0.15) is 5.26 Å². The molecule has 1 saturated heterocycles. The van der Waals surface area contributed by atoms with E-state index in [1.165, 1.54) is 0 Å². The molecule has 1 amide bonds. The van der Waals surface area contributed by atoms with Crippen LogP contribution in [0, 0.1) is 25.2 Å². The SMILES string of the molecule is Cc1cc(C)cc(N(CCC#N)C(=O)CN2CCN(c3ccc(O)cc3)CC2)c1. The number of aromatic hydroxyl groups is 1. The summed E-state index contributed by atoms with van der Waals surface area (Å²) in [5.74, 6) is 0.296. The Balaban J connectivity index is 1.62. The maximum Gasteiger partial charge on any atom is 0.241 e. The average molecular weight is 393 g/mol. The van der Waals surface area contributed by atoms with Gasteiger partial charge in [-0.1, -0.05) is 6.07 Å². The van der Waals surface area contributed by atoms with Crippen molar-refractivity contribution in [3.63, 3.8) is 0 Å². The second kappa shape index (κ2) is 9.44. The Morgan fingerprint density at radius 2 is 1.69 bits per heavy atom. The fourth-order valence-corrected chi connectivity index (χ4v) is 3.77. The highest BCUT2D eigenvalue weighted by Crippen LogP contribution is 2.21. The summed E-state index contributed by atoms with van der Waals surface area (Å²) in [6.45, 7) is 8.06. The monoisotopic (exact) mass is 392 g/mol. The number of anilines is 2. The van der Waals surface area contributed by atoms with Gasteiger partial charge in [0.05, 0.1) is 19.0 Å². The molecule has 0 atom stereocenters. The molecular weight excluding hydrogens is 364 g/mol. The van der Waals surface area contributed by atoms with Crippen LogP contribution in [0.25, 0.3) is 0 Å². The number of carbonyl (C=O) groups excluding carboxylic acids is 1. The minimum Gasteiger partial charge on any atom is -0.508 e. The molecule has 1 fully saturated rings. The van der Waals surface area contributed by atoms with Crippen LogP contribution < -0.4 is 9.80 Å². The summed E-state index contributed by atoms with van der Waals surface area (Å²) in [7, 11) is 0. The summed E-state index contributed by atoms with van der Waals surface area (Å²) < 4.78 is 0. The smallest absolute Gasteiger partial charge is 0.241 e. The second-order valence-electron chi connectivity index (χ2n) is 7.58. The summed E-state index contributed by atoms with van der Waals surface area (Å²) in [5.41, 5.74) is 4.17. The van der Waals surface area contributed by atoms with E-state index < -0.39 is 0 Å². The Kier molecular flexibility index (Phi) is 6.73. The van der Waals surface area contributed by atoms with Gasteiger partial charge in [-0.05, 0) is 61.4 Å². The van der Waals surface area contributed by atoms with Gasteiger partial charge in [-0.25, -0.2) is 0 Å². The lowest BCUT2D eigenvalue weighted by Gasteiger charge is -2.36. The van der Waals surface area contributed by atoms with Gasteiger partial charge in [0.1, 0.15) is 5.75 Å². The molecule has 0 aromatic heterocycles. The van der Waals surface area contributed by atoms with Crippen LogP contribution in [-0.2, 0) is 4.79 Å². The topological polar surface area (TPSA) is 70.8 Å². The van der Waals surface area contributed by atoms with Gasteiger partial charge in [0.15, 0.2) is 0 Å². The number of hydrogen-bond donors (Lipinski definition) is 1. The number of hydrogen-bond acceptors (Lipinski definition) is 5. The van der Waals surface area contributed by atoms with Gasteiger partial charge in [0.2, 0.25) is 5.91 Å². The van der Waals surface area contributed by atoms with Gasteiger partial charge in [0, 0.05) is 44.1 Å². The van der Waals surface area contributed by atoms with Crippen molar-refractivity contribution >= 4 is 17.3 Å². The Bertz CT molecular complexity index is 860. The van der Waals surface area contributed by atoms with Crippen molar-refractivity contribution in [2.75, 3.05) is 49.1 Å². The Labute approximate surface area is 172 Å². The first-order valence-electron chi connectivity index (χ1n) is 9.98. The van der Waals surface area contributed by atoms with Gasteiger partial charge >= 0.3 is 0 Å². The normalized spacial score (nSPS) is 14.4. The van der Waals surface area contributed by atoms with E-state index in [2.05, 4.69) is 21.9 Å². The predicted molar refractivity (Wildman–Crippen MR) is 115 cm³/mol. The van der Waals surface area contributed by atoms with Crippen molar-refractivity contribution < 1.29 is 9.90 Å². The first-order chi connectivity index (χ1) is 14.0. The minimum atomic E-state index is 0.0309. The zero-order valence-electron chi connectivity index (χ0n) is 17.1. The highest BCUT2D eigenvalue weighted by atomic mass is 16.3. The van der Waals surface area contributed by atoms with Gasteiger partial charge < -0.3 is 14.9 Å². The number of rotatable bonds is 6.